The van der Waals surface area contributed by atoms with E-state index in [1.807, 2.05) is 16.8 Å². The monoisotopic (exact) mass is 473 g/mol. The maximum Gasteiger partial charge on any atom is 0.330 e. The van der Waals surface area contributed by atoms with Gasteiger partial charge in [0.05, 0.1) is 5.52 Å². The summed E-state index contributed by atoms with van der Waals surface area (Å²) < 4.78 is 9.07. The van der Waals surface area contributed by atoms with E-state index < -0.39 is 0 Å². The van der Waals surface area contributed by atoms with Crippen molar-refractivity contribution < 1.29 is 4.74 Å². The van der Waals surface area contributed by atoms with Crippen molar-refractivity contribution in [3.05, 3.63) is 47.0 Å². The number of aromatic nitrogens is 5. The molecule has 0 N–H and O–H groups in total. The standard InChI is InChI=1S/C26H31N7O2/c1-30(2)20-8-11-32(16-20)23-7-5-18(15-27-23)17-4-6-22-21(14-17)24-25(29-28-22)31(3)26(34)33(24)19-9-12-35-13-10-19/h4-7,14-15,19-20H,8-13,16H2,1-3H3. The van der Waals surface area contributed by atoms with Crippen molar-refractivity contribution >= 4 is 27.9 Å². The molecule has 35 heavy (non-hydrogen) atoms. The van der Waals surface area contributed by atoms with Gasteiger partial charge in [-0.25, -0.2) is 9.78 Å². The average Bonchev–Trinajstić information content (AvgIpc) is 3.48. The molecule has 2 fully saturated rings. The first kappa shape index (κ1) is 22.2. The van der Waals surface area contributed by atoms with Gasteiger partial charge in [-0.15, -0.1) is 10.2 Å². The highest BCUT2D eigenvalue weighted by Gasteiger charge is 2.26. The minimum atomic E-state index is -0.0493. The summed E-state index contributed by atoms with van der Waals surface area (Å²) in [6.07, 6.45) is 4.74. The molecule has 0 radical (unpaired) electrons. The molecule has 9 nitrogen and oxygen atoms in total. The molecular weight excluding hydrogens is 442 g/mol. The van der Waals surface area contributed by atoms with Crippen molar-refractivity contribution in [2.45, 2.75) is 31.3 Å². The Hall–Kier alpha value is -3.30. The van der Waals surface area contributed by atoms with Crippen LogP contribution in [-0.4, -0.2) is 75.7 Å². The first-order chi connectivity index (χ1) is 17.0. The lowest BCUT2D eigenvalue weighted by atomic mass is 10.0. The van der Waals surface area contributed by atoms with Crippen LogP contribution in [-0.2, 0) is 11.8 Å². The van der Waals surface area contributed by atoms with Gasteiger partial charge in [0.2, 0.25) is 0 Å². The predicted molar refractivity (Wildman–Crippen MR) is 137 cm³/mol. The highest BCUT2D eigenvalue weighted by Crippen LogP contribution is 2.31. The molecular formula is C26H31N7O2. The number of benzene rings is 1. The van der Waals surface area contributed by atoms with Crippen LogP contribution in [0.3, 0.4) is 0 Å². The molecule has 1 aromatic carbocycles. The normalized spacial score (nSPS) is 19.4. The van der Waals surface area contributed by atoms with Gasteiger partial charge in [0.1, 0.15) is 11.3 Å². The van der Waals surface area contributed by atoms with Gasteiger partial charge in [-0.3, -0.25) is 9.13 Å². The molecule has 182 valence electrons. The van der Waals surface area contributed by atoms with Gasteiger partial charge >= 0.3 is 5.69 Å². The molecule has 9 heteroatoms. The summed E-state index contributed by atoms with van der Waals surface area (Å²) >= 11 is 0. The number of anilines is 1. The first-order valence-corrected chi connectivity index (χ1v) is 12.3. The summed E-state index contributed by atoms with van der Waals surface area (Å²) in [5.41, 5.74) is 4.29. The minimum absolute atomic E-state index is 0.0493. The Kier molecular flexibility index (Phi) is 5.53. The van der Waals surface area contributed by atoms with E-state index in [1.165, 1.54) is 0 Å². The van der Waals surface area contributed by atoms with E-state index in [0.717, 1.165) is 65.7 Å². The molecule has 2 saturated heterocycles. The molecule has 6 rings (SSSR count). The molecule has 0 spiro atoms. The van der Waals surface area contributed by atoms with Crippen LogP contribution in [0.1, 0.15) is 25.3 Å². The Labute approximate surface area is 203 Å². The van der Waals surface area contributed by atoms with Gasteiger partial charge in [0.15, 0.2) is 5.65 Å². The van der Waals surface area contributed by atoms with E-state index in [1.54, 1.807) is 11.6 Å². The molecule has 0 bridgehead atoms. The van der Waals surface area contributed by atoms with Crippen LogP contribution < -0.4 is 10.6 Å². The fraction of sp³-hybridized carbons (Fsp3) is 0.462. The van der Waals surface area contributed by atoms with E-state index >= 15 is 0 Å². The lowest BCUT2D eigenvalue weighted by Crippen LogP contribution is -2.31. The zero-order chi connectivity index (χ0) is 24.1. The third-order valence-corrected chi connectivity index (χ3v) is 7.62. The molecule has 2 aliphatic rings. The van der Waals surface area contributed by atoms with Crippen LogP contribution >= 0.6 is 0 Å². The summed E-state index contributed by atoms with van der Waals surface area (Å²) in [5.74, 6) is 1.02. The van der Waals surface area contributed by atoms with Gasteiger partial charge in [-0.1, -0.05) is 6.07 Å². The molecule has 2 aliphatic heterocycles. The number of pyridine rings is 1. The summed E-state index contributed by atoms with van der Waals surface area (Å²) in [6, 6.07) is 11.1. The zero-order valence-electron chi connectivity index (χ0n) is 20.5. The molecule has 0 aliphatic carbocycles. The molecule has 1 atom stereocenters. The number of rotatable bonds is 4. The number of nitrogens with zero attached hydrogens (tertiary/aromatic N) is 7. The first-order valence-electron chi connectivity index (χ1n) is 12.3. The molecule has 5 heterocycles. The topological polar surface area (TPSA) is 81.3 Å². The molecule has 4 aromatic rings. The van der Waals surface area contributed by atoms with Crippen molar-refractivity contribution in [3.63, 3.8) is 0 Å². The lowest BCUT2D eigenvalue weighted by Gasteiger charge is -2.23. The number of aryl methyl sites for hydroxylation is 1. The predicted octanol–water partition coefficient (Wildman–Crippen LogP) is 2.84. The van der Waals surface area contributed by atoms with E-state index in [-0.39, 0.29) is 11.7 Å². The van der Waals surface area contributed by atoms with Gasteiger partial charge in [-0.2, -0.15) is 0 Å². The van der Waals surface area contributed by atoms with Crippen LogP contribution in [0.25, 0.3) is 33.2 Å². The second-order valence-corrected chi connectivity index (χ2v) is 9.92. The van der Waals surface area contributed by atoms with Gasteiger partial charge in [0, 0.05) is 62.6 Å². The van der Waals surface area contributed by atoms with E-state index in [9.17, 15) is 4.79 Å². The number of hydrogen-bond acceptors (Lipinski definition) is 7. The zero-order valence-corrected chi connectivity index (χ0v) is 20.5. The molecule has 0 saturated carbocycles. The van der Waals surface area contributed by atoms with Gasteiger partial charge in [0.25, 0.3) is 0 Å². The van der Waals surface area contributed by atoms with E-state index in [0.29, 0.717) is 24.9 Å². The van der Waals surface area contributed by atoms with Crippen molar-refractivity contribution in [3.8, 4) is 11.1 Å². The van der Waals surface area contributed by atoms with E-state index in [4.69, 9.17) is 9.72 Å². The van der Waals surface area contributed by atoms with Gasteiger partial charge in [-0.05, 0) is 63.2 Å². The maximum atomic E-state index is 13.2. The minimum Gasteiger partial charge on any atom is -0.381 e. The Morgan fingerprint density at radius 1 is 1.03 bits per heavy atom. The summed E-state index contributed by atoms with van der Waals surface area (Å²) in [6.45, 7) is 3.36. The fourth-order valence-electron chi connectivity index (χ4n) is 5.47. The van der Waals surface area contributed by atoms with Crippen LogP contribution in [0.15, 0.2) is 41.3 Å². The second kappa shape index (κ2) is 8.73. The maximum absolute atomic E-state index is 13.2. The summed E-state index contributed by atoms with van der Waals surface area (Å²) in [4.78, 5) is 22.6. The number of ether oxygens (including phenoxy) is 1. The lowest BCUT2D eigenvalue weighted by molar-refractivity contribution is 0.0697. The Morgan fingerprint density at radius 2 is 1.83 bits per heavy atom. The Morgan fingerprint density at radius 3 is 2.54 bits per heavy atom. The van der Waals surface area contributed by atoms with Crippen molar-refractivity contribution in [2.24, 2.45) is 7.05 Å². The SMILES string of the molecule is CN(C)C1CCN(c2ccc(-c3ccc4nnc5c(c4c3)n(C3CCOCC3)c(=O)n5C)cn2)C1. The number of fused-ring (bicyclic) bond motifs is 3. The van der Waals surface area contributed by atoms with Crippen LogP contribution in [0.4, 0.5) is 5.82 Å². The molecule has 1 unspecified atom stereocenters. The third kappa shape index (κ3) is 3.79. The van der Waals surface area contributed by atoms with Crippen LogP contribution in [0.2, 0.25) is 0 Å². The molecule has 3 aromatic heterocycles. The fourth-order valence-corrected chi connectivity index (χ4v) is 5.47. The number of likely N-dealkylation sites (N-methyl/N-ethyl adjacent to an activating group) is 1. The smallest absolute Gasteiger partial charge is 0.330 e. The highest BCUT2D eigenvalue weighted by molar-refractivity contribution is 6.02. The Bertz CT molecular complexity index is 1430. The summed E-state index contributed by atoms with van der Waals surface area (Å²) in [5, 5.41) is 9.76. The van der Waals surface area contributed by atoms with E-state index in [2.05, 4.69) is 58.4 Å². The number of imidazole rings is 1. The second-order valence-electron chi connectivity index (χ2n) is 9.92. The van der Waals surface area contributed by atoms with Crippen molar-refractivity contribution in [1.82, 2.24) is 29.2 Å². The van der Waals surface area contributed by atoms with Gasteiger partial charge < -0.3 is 14.5 Å². The highest BCUT2D eigenvalue weighted by atomic mass is 16.5. The van der Waals surface area contributed by atoms with Crippen molar-refractivity contribution in [1.29, 1.82) is 0 Å². The van der Waals surface area contributed by atoms with Crippen LogP contribution in [0.5, 0.6) is 0 Å². The Balaban J connectivity index is 1.40. The largest absolute Gasteiger partial charge is 0.381 e. The molecule has 0 amide bonds. The summed E-state index contributed by atoms with van der Waals surface area (Å²) in [7, 11) is 6.05. The quantitative estimate of drug-likeness (QED) is 0.451. The van der Waals surface area contributed by atoms with Crippen LogP contribution in [0, 0.1) is 0 Å². The number of hydrogen-bond donors (Lipinski definition) is 0. The van der Waals surface area contributed by atoms with Crippen molar-refractivity contribution in [2.75, 3.05) is 45.3 Å². The third-order valence-electron chi connectivity index (χ3n) is 7.62. The average molecular weight is 474 g/mol.